The first kappa shape index (κ1) is 13.9. The van der Waals surface area contributed by atoms with Gasteiger partial charge in [0.05, 0.1) is 6.61 Å². The molecule has 4 atom stereocenters. The van der Waals surface area contributed by atoms with Crippen molar-refractivity contribution in [2.45, 2.75) is 24.5 Å². The van der Waals surface area contributed by atoms with Gasteiger partial charge in [-0.1, -0.05) is 0 Å². The lowest BCUT2D eigenvalue weighted by atomic mass is 10.1. The first-order chi connectivity index (χ1) is 9.97. The number of hydrogen-bond acceptors (Lipinski definition) is 8. The van der Waals surface area contributed by atoms with Gasteiger partial charge in [-0.3, -0.25) is 4.57 Å². The number of aliphatic hydroxyl groups excluding tert-OH is 3. The predicted octanol–water partition coefficient (Wildman–Crippen LogP) is -2.68. The summed E-state index contributed by atoms with van der Waals surface area (Å²) >= 11 is 0. The summed E-state index contributed by atoms with van der Waals surface area (Å²) in [6.45, 7) is -0.481. The molecule has 0 amide bonds. The molecule has 1 aliphatic rings. The van der Waals surface area contributed by atoms with Gasteiger partial charge >= 0.3 is 5.69 Å². The molecule has 5 N–H and O–H groups in total. The number of nitrogens with two attached hydrogens (primary N) is 1. The maximum atomic E-state index is 12.3. The first-order valence-electron chi connectivity index (χ1n) is 6.27. The summed E-state index contributed by atoms with van der Waals surface area (Å²) in [5.74, 6) is 0.116. The third-order valence-electron chi connectivity index (χ3n) is 3.66. The summed E-state index contributed by atoms with van der Waals surface area (Å²) in [5, 5.41) is 29.0. The van der Waals surface area contributed by atoms with Crippen LogP contribution in [0.15, 0.2) is 11.1 Å². The molecular formula is C11H15N5O5. The molecule has 10 heteroatoms. The number of rotatable bonds is 2. The van der Waals surface area contributed by atoms with Crippen molar-refractivity contribution in [1.82, 2.24) is 19.1 Å². The van der Waals surface area contributed by atoms with Crippen molar-refractivity contribution in [3.8, 4) is 0 Å². The topological polar surface area (TPSA) is 149 Å². The average molecular weight is 297 g/mol. The summed E-state index contributed by atoms with van der Waals surface area (Å²) in [7, 11) is 1.49. The van der Waals surface area contributed by atoms with Gasteiger partial charge in [-0.15, -0.1) is 0 Å². The maximum absolute atomic E-state index is 12.3. The highest BCUT2D eigenvalue weighted by molar-refractivity contribution is 5.82. The third-order valence-corrected chi connectivity index (χ3v) is 3.66. The van der Waals surface area contributed by atoms with E-state index < -0.39 is 36.8 Å². The van der Waals surface area contributed by atoms with E-state index in [0.717, 1.165) is 4.57 Å². The van der Waals surface area contributed by atoms with Gasteiger partial charge in [0, 0.05) is 7.05 Å². The molecule has 0 unspecified atom stereocenters. The van der Waals surface area contributed by atoms with Crippen LogP contribution in [-0.2, 0) is 11.8 Å². The molecule has 21 heavy (non-hydrogen) atoms. The largest absolute Gasteiger partial charge is 0.394 e. The highest BCUT2D eigenvalue weighted by atomic mass is 16.6. The van der Waals surface area contributed by atoms with Crippen molar-refractivity contribution < 1.29 is 20.1 Å². The third kappa shape index (κ3) is 1.84. The Morgan fingerprint density at radius 2 is 2.10 bits per heavy atom. The molecule has 0 bridgehead atoms. The van der Waals surface area contributed by atoms with Crippen LogP contribution >= 0.6 is 0 Å². The van der Waals surface area contributed by atoms with E-state index in [0.29, 0.717) is 5.52 Å². The van der Waals surface area contributed by atoms with E-state index in [9.17, 15) is 15.0 Å². The molecule has 10 nitrogen and oxygen atoms in total. The quantitative estimate of drug-likeness (QED) is 0.468. The Labute approximate surface area is 118 Å². The van der Waals surface area contributed by atoms with Crippen molar-refractivity contribution in [2.75, 3.05) is 12.3 Å². The van der Waals surface area contributed by atoms with Gasteiger partial charge in [-0.05, 0) is 0 Å². The molecule has 0 aromatic carbocycles. The molecule has 0 aliphatic carbocycles. The van der Waals surface area contributed by atoms with E-state index in [-0.39, 0.29) is 11.5 Å². The van der Waals surface area contributed by atoms with Gasteiger partial charge in [-0.25, -0.2) is 19.3 Å². The van der Waals surface area contributed by atoms with Crippen LogP contribution in [0.4, 0.5) is 5.82 Å². The minimum atomic E-state index is -1.37. The minimum Gasteiger partial charge on any atom is -0.394 e. The number of nitrogen functional groups attached to an aromatic ring is 1. The second-order valence-electron chi connectivity index (χ2n) is 4.87. The molecule has 0 radical (unpaired) electrons. The molecule has 1 fully saturated rings. The van der Waals surface area contributed by atoms with Crippen LogP contribution in [0, 0.1) is 0 Å². The molecule has 0 spiro atoms. The number of aliphatic hydroxyl groups is 3. The fourth-order valence-electron chi connectivity index (χ4n) is 2.55. The number of imidazole rings is 1. The fraction of sp³-hybridized carbons (Fsp3) is 0.545. The summed E-state index contributed by atoms with van der Waals surface area (Å²) < 4.78 is 7.69. The van der Waals surface area contributed by atoms with Crippen LogP contribution in [0.5, 0.6) is 0 Å². The Morgan fingerprint density at radius 3 is 2.71 bits per heavy atom. The minimum absolute atomic E-state index is 0.116. The van der Waals surface area contributed by atoms with E-state index in [2.05, 4.69) is 9.97 Å². The Bertz CT molecular complexity index is 740. The standard InChI is InChI=1S/C11H15N5O5/c1-15-5-8(12)13-3-14-9(5)16(11(15)20)10-7(19)6(18)4(2-17)21-10/h3-4,6-7,10,17-19H,2H2,1H3,(H2,12,13,14)/t4-,6+,7-,10-/m0/s1. The molecular weight excluding hydrogens is 282 g/mol. The van der Waals surface area contributed by atoms with Crippen molar-refractivity contribution in [3.05, 3.63) is 16.8 Å². The lowest BCUT2D eigenvalue weighted by molar-refractivity contribution is -0.0527. The number of aromatic nitrogens is 4. The molecule has 0 saturated carbocycles. The van der Waals surface area contributed by atoms with Gasteiger partial charge in [0.2, 0.25) is 0 Å². The SMILES string of the molecule is Cn1c(=O)n([C@H]2O[C@@H](CO)[C@@H](O)[C@@H]2O)c2ncnc(N)c21. The van der Waals surface area contributed by atoms with E-state index in [1.165, 1.54) is 17.9 Å². The van der Waals surface area contributed by atoms with Gasteiger partial charge < -0.3 is 25.8 Å². The van der Waals surface area contributed by atoms with E-state index in [1.807, 2.05) is 0 Å². The van der Waals surface area contributed by atoms with Gasteiger partial charge in [0.1, 0.15) is 30.2 Å². The van der Waals surface area contributed by atoms with Crippen LogP contribution in [0.1, 0.15) is 6.23 Å². The molecule has 1 aliphatic heterocycles. The Hall–Kier alpha value is -2.01. The summed E-state index contributed by atoms with van der Waals surface area (Å²) in [6.07, 6.45) is -3.63. The second kappa shape index (κ2) is 4.77. The number of aryl methyl sites for hydroxylation is 1. The van der Waals surface area contributed by atoms with E-state index in [1.54, 1.807) is 0 Å². The van der Waals surface area contributed by atoms with E-state index in [4.69, 9.17) is 15.6 Å². The Kier molecular flexibility index (Phi) is 3.17. The summed E-state index contributed by atoms with van der Waals surface area (Å²) in [5.41, 5.74) is 5.71. The maximum Gasteiger partial charge on any atom is 0.332 e. The average Bonchev–Trinajstić information content (AvgIpc) is 2.88. The first-order valence-corrected chi connectivity index (χ1v) is 6.27. The smallest absolute Gasteiger partial charge is 0.332 e. The lowest BCUT2D eigenvalue weighted by Crippen LogP contribution is -2.35. The van der Waals surface area contributed by atoms with Crippen molar-refractivity contribution in [2.24, 2.45) is 7.05 Å². The zero-order valence-corrected chi connectivity index (χ0v) is 11.1. The Morgan fingerprint density at radius 1 is 1.38 bits per heavy atom. The number of anilines is 1. The molecule has 2 aromatic rings. The summed E-state index contributed by atoms with van der Waals surface area (Å²) in [4.78, 5) is 20.2. The molecule has 3 rings (SSSR count). The van der Waals surface area contributed by atoms with Crippen molar-refractivity contribution in [3.63, 3.8) is 0 Å². The number of ether oxygens (including phenoxy) is 1. The van der Waals surface area contributed by atoms with Crippen molar-refractivity contribution >= 4 is 17.0 Å². The normalized spacial score (nSPS) is 29.3. The van der Waals surface area contributed by atoms with Gasteiger partial charge in [0.15, 0.2) is 17.7 Å². The predicted molar refractivity (Wildman–Crippen MR) is 70.2 cm³/mol. The van der Waals surface area contributed by atoms with Crippen LogP contribution in [-0.4, -0.2) is 59.3 Å². The van der Waals surface area contributed by atoms with Crippen LogP contribution in [0.25, 0.3) is 11.2 Å². The van der Waals surface area contributed by atoms with Crippen LogP contribution in [0.3, 0.4) is 0 Å². The number of fused-ring (bicyclic) bond motifs is 1. The molecule has 1 saturated heterocycles. The van der Waals surface area contributed by atoms with Crippen LogP contribution in [0.2, 0.25) is 0 Å². The van der Waals surface area contributed by atoms with E-state index >= 15 is 0 Å². The lowest BCUT2D eigenvalue weighted by Gasteiger charge is -2.15. The fourth-order valence-corrected chi connectivity index (χ4v) is 2.55. The van der Waals surface area contributed by atoms with Crippen LogP contribution < -0.4 is 11.4 Å². The number of hydrogen-bond donors (Lipinski definition) is 4. The van der Waals surface area contributed by atoms with Crippen molar-refractivity contribution in [1.29, 1.82) is 0 Å². The van der Waals surface area contributed by atoms with Gasteiger partial charge in [0.25, 0.3) is 0 Å². The number of nitrogens with zero attached hydrogens (tertiary/aromatic N) is 4. The molecule has 3 heterocycles. The highest BCUT2D eigenvalue weighted by Crippen LogP contribution is 2.30. The zero-order valence-electron chi connectivity index (χ0n) is 11.1. The monoisotopic (exact) mass is 297 g/mol. The summed E-state index contributed by atoms with van der Waals surface area (Å²) in [6, 6.07) is 0. The molecule has 2 aromatic heterocycles. The highest BCUT2D eigenvalue weighted by Gasteiger charge is 2.45. The zero-order chi connectivity index (χ0) is 15.3. The second-order valence-corrected chi connectivity index (χ2v) is 4.87. The Balaban J connectivity index is 2.20. The van der Waals surface area contributed by atoms with Gasteiger partial charge in [-0.2, -0.15) is 0 Å². The molecule has 114 valence electrons.